The standard InChI is InChI=1S/C13H21N3O2/c1-2-14-12(15-8-11-4-7-18-9-11)16-10-13(17)5-3-6-13/h4,7,9,17H,2-3,5-6,8,10H2,1H3,(H2,14,15,16). The Labute approximate surface area is 107 Å². The lowest BCUT2D eigenvalue weighted by Crippen LogP contribution is -2.50. The van der Waals surface area contributed by atoms with Crippen molar-refractivity contribution in [2.75, 3.05) is 13.1 Å². The number of nitrogens with one attached hydrogen (secondary N) is 2. The quantitative estimate of drug-likeness (QED) is 0.544. The Morgan fingerprint density at radius 3 is 2.89 bits per heavy atom. The Morgan fingerprint density at radius 2 is 2.33 bits per heavy atom. The molecule has 5 nitrogen and oxygen atoms in total. The summed E-state index contributed by atoms with van der Waals surface area (Å²) in [5, 5.41) is 16.4. The maximum Gasteiger partial charge on any atom is 0.191 e. The molecule has 1 aromatic rings. The topological polar surface area (TPSA) is 69.8 Å². The van der Waals surface area contributed by atoms with Gasteiger partial charge in [-0.3, -0.25) is 0 Å². The monoisotopic (exact) mass is 251 g/mol. The van der Waals surface area contributed by atoms with E-state index >= 15 is 0 Å². The van der Waals surface area contributed by atoms with E-state index in [9.17, 15) is 5.11 Å². The minimum atomic E-state index is -0.536. The molecule has 0 atom stereocenters. The van der Waals surface area contributed by atoms with Crippen molar-refractivity contribution in [3.05, 3.63) is 24.2 Å². The number of furan rings is 1. The van der Waals surface area contributed by atoms with Crippen LogP contribution in [0.4, 0.5) is 0 Å². The molecule has 0 saturated heterocycles. The first kappa shape index (κ1) is 13.0. The van der Waals surface area contributed by atoms with Crippen molar-refractivity contribution in [1.29, 1.82) is 0 Å². The summed E-state index contributed by atoms with van der Waals surface area (Å²) in [6.07, 6.45) is 6.19. The Kier molecular flexibility index (Phi) is 4.25. The third-order valence-corrected chi connectivity index (χ3v) is 3.21. The summed E-state index contributed by atoms with van der Waals surface area (Å²) in [6.45, 7) is 3.96. The molecule has 0 radical (unpaired) electrons. The van der Waals surface area contributed by atoms with Crippen LogP contribution in [0, 0.1) is 0 Å². The molecule has 100 valence electrons. The second-order valence-corrected chi connectivity index (χ2v) is 4.76. The highest BCUT2D eigenvalue weighted by Crippen LogP contribution is 2.30. The SMILES string of the molecule is CCNC(=NCc1ccoc1)NCC1(O)CCC1. The van der Waals surface area contributed by atoms with Crippen LogP contribution in [0.1, 0.15) is 31.7 Å². The van der Waals surface area contributed by atoms with Gasteiger partial charge in [0.25, 0.3) is 0 Å². The summed E-state index contributed by atoms with van der Waals surface area (Å²) in [5.74, 6) is 0.735. The van der Waals surface area contributed by atoms with Crippen LogP contribution in [0.2, 0.25) is 0 Å². The van der Waals surface area contributed by atoms with Gasteiger partial charge in [-0.25, -0.2) is 4.99 Å². The van der Waals surface area contributed by atoms with E-state index in [-0.39, 0.29) is 0 Å². The number of rotatable bonds is 5. The number of hydrogen-bond donors (Lipinski definition) is 3. The van der Waals surface area contributed by atoms with E-state index in [1.54, 1.807) is 12.5 Å². The Hall–Kier alpha value is -1.49. The van der Waals surface area contributed by atoms with E-state index in [4.69, 9.17) is 4.42 Å². The highest BCUT2D eigenvalue weighted by atomic mass is 16.3. The molecule has 1 saturated carbocycles. The number of aliphatic hydroxyl groups is 1. The van der Waals surface area contributed by atoms with Crippen LogP contribution in [-0.2, 0) is 6.54 Å². The predicted octanol–water partition coefficient (Wildman–Crippen LogP) is 1.25. The van der Waals surface area contributed by atoms with Crippen LogP contribution in [0.15, 0.2) is 28.0 Å². The summed E-state index contributed by atoms with van der Waals surface area (Å²) in [6, 6.07) is 1.90. The second-order valence-electron chi connectivity index (χ2n) is 4.76. The average molecular weight is 251 g/mol. The average Bonchev–Trinajstić information content (AvgIpc) is 2.83. The molecule has 0 amide bonds. The van der Waals surface area contributed by atoms with Gasteiger partial charge in [-0.2, -0.15) is 0 Å². The van der Waals surface area contributed by atoms with Gasteiger partial charge < -0.3 is 20.2 Å². The molecule has 1 aliphatic rings. The fourth-order valence-electron chi connectivity index (χ4n) is 1.90. The zero-order valence-corrected chi connectivity index (χ0v) is 10.8. The first-order valence-corrected chi connectivity index (χ1v) is 6.47. The minimum Gasteiger partial charge on any atom is -0.472 e. The zero-order chi connectivity index (χ0) is 12.8. The van der Waals surface area contributed by atoms with Crippen molar-refractivity contribution in [2.45, 2.75) is 38.3 Å². The van der Waals surface area contributed by atoms with Crippen LogP contribution < -0.4 is 10.6 Å². The summed E-state index contributed by atoms with van der Waals surface area (Å²) in [4.78, 5) is 4.44. The van der Waals surface area contributed by atoms with Crippen LogP contribution >= 0.6 is 0 Å². The van der Waals surface area contributed by atoms with Gasteiger partial charge in [-0.05, 0) is 32.3 Å². The van der Waals surface area contributed by atoms with Gasteiger partial charge in [0, 0.05) is 18.7 Å². The molecule has 1 aromatic heterocycles. The number of guanidine groups is 1. The highest BCUT2D eigenvalue weighted by Gasteiger charge is 2.34. The molecule has 18 heavy (non-hydrogen) atoms. The first-order valence-electron chi connectivity index (χ1n) is 6.47. The van der Waals surface area contributed by atoms with Gasteiger partial charge in [-0.1, -0.05) is 0 Å². The molecule has 2 rings (SSSR count). The lowest BCUT2D eigenvalue weighted by Gasteiger charge is -2.36. The molecule has 0 unspecified atom stereocenters. The van der Waals surface area contributed by atoms with Gasteiger partial charge >= 0.3 is 0 Å². The van der Waals surface area contributed by atoms with Crippen molar-refractivity contribution < 1.29 is 9.52 Å². The molecule has 0 bridgehead atoms. The van der Waals surface area contributed by atoms with E-state index in [0.29, 0.717) is 13.1 Å². The molecule has 1 heterocycles. The predicted molar refractivity (Wildman–Crippen MR) is 70.3 cm³/mol. The molecule has 0 aliphatic heterocycles. The molecule has 5 heteroatoms. The molecular weight excluding hydrogens is 230 g/mol. The van der Waals surface area contributed by atoms with E-state index in [2.05, 4.69) is 15.6 Å². The van der Waals surface area contributed by atoms with E-state index in [1.807, 2.05) is 13.0 Å². The van der Waals surface area contributed by atoms with Crippen molar-refractivity contribution in [1.82, 2.24) is 10.6 Å². The van der Waals surface area contributed by atoms with Crippen LogP contribution in [0.3, 0.4) is 0 Å². The Morgan fingerprint density at radius 1 is 1.50 bits per heavy atom. The highest BCUT2D eigenvalue weighted by molar-refractivity contribution is 5.79. The summed E-state index contributed by atoms with van der Waals surface area (Å²) in [5.41, 5.74) is 0.501. The maximum absolute atomic E-state index is 10.0. The molecule has 1 fully saturated rings. The van der Waals surface area contributed by atoms with Gasteiger partial charge in [-0.15, -0.1) is 0 Å². The fourth-order valence-corrected chi connectivity index (χ4v) is 1.90. The van der Waals surface area contributed by atoms with Gasteiger partial charge in [0.15, 0.2) is 5.96 Å². The maximum atomic E-state index is 10.0. The summed E-state index contributed by atoms with van der Waals surface area (Å²) < 4.78 is 5.00. The second kappa shape index (κ2) is 5.91. The van der Waals surface area contributed by atoms with Crippen molar-refractivity contribution in [3.63, 3.8) is 0 Å². The smallest absolute Gasteiger partial charge is 0.191 e. The summed E-state index contributed by atoms with van der Waals surface area (Å²) in [7, 11) is 0. The number of nitrogens with zero attached hydrogens (tertiary/aromatic N) is 1. The Bertz CT molecular complexity index is 383. The molecule has 0 aromatic carbocycles. The van der Waals surface area contributed by atoms with Gasteiger partial charge in [0.05, 0.1) is 24.7 Å². The van der Waals surface area contributed by atoms with E-state index < -0.39 is 5.60 Å². The summed E-state index contributed by atoms with van der Waals surface area (Å²) >= 11 is 0. The van der Waals surface area contributed by atoms with Crippen molar-refractivity contribution in [3.8, 4) is 0 Å². The minimum absolute atomic E-state index is 0.536. The van der Waals surface area contributed by atoms with E-state index in [1.165, 1.54) is 0 Å². The molecule has 3 N–H and O–H groups in total. The number of hydrogen-bond acceptors (Lipinski definition) is 3. The molecule has 1 aliphatic carbocycles. The Balaban J connectivity index is 1.84. The fraction of sp³-hybridized carbons (Fsp3) is 0.615. The van der Waals surface area contributed by atoms with Crippen LogP contribution in [0.5, 0.6) is 0 Å². The third kappa shape index (κ3) is 3.50. The largest absolute Gasteiger partial charge is 0.472 e. The molecule has 0 spiro atoms. The van der Waals surface area contributed by atoms with Crippen molar-refractivity contribution >= 4 is 5.96 Å². The lowest BCUT2D eigenvalue weighted by atomic mass is 9.80. The van der Waals surface area contributed by atoms with Crippen LogP contribution in [0.25, 0.3) is 0 Å². The van der Waals surface area contributed by atoms with Crippen LogP contribution in [-0.4, -0.2) is 29.8 Å². The van der Waals surface area contributed by atoms with Gasteiger partial charge in [0.1, 0.15) is 0 Å². The number of aliphatic imine (C=N–C) groups is 1. The molecular formula is C13H21N3O2. The lowest BCUT2D eigenvalue weighted by molar-refractivity contribution is -0.0279. The van der Waals surface area contributed by atoms with E-state index in [0.717, 1.165) is 37.3 Å². The zero-order valence-electron chi connectivity index (χ0n) is 10.8. The first-order chi connectivity index (χ1) is 8.72. The normalized spacial score (nSPS) is 18.2. The van der Waals surface area contributed by atoms with Gasteiger partial charge in [0.2, 0.25) is 0 Å². The third-order valence-electron chi connectivity index (χ3n) is 3.21. The van der Waals surface area contributed by atoms with Crippen molar-refractivity contribution in [2.24, 2.45) is 4.99 Å².